The molecule has 3 aliphatic rings. The predicted octanol–water partition coefficient (Wildman–Crippen LogP) is 1.76. The van der Waals surface area contributed by atoms with Crippen molar-refractivity contribution < 1.29 is 19.2 Å². The zero-order chi connectivity index (χ0) is 28.0. The Hall–Kier alpha value is -3.41. The summed E-state index contributed by atoms with van der Waals surface area (Å²) in [6.45, 7) is 10.5. The number of nitrogens with two attached hydrogens (primary N) is 1. The Bertz CT molecular complexity index is 1170. The van der Waals surface area contributed by atoms with Crippen LogP contribution in [-0.4, -0.2) is 53.7 Å². The average molecular weight is 522 g/mol. The van der Waals surface area contributed by atoms with Crippen molar-refractivity contribution in [2.45, 2.75) is 66.0 Å². The smallest absolute Gasteiger partial charge is 0.246 e. The van der Waals surface area contributed by atoms with E-state index in [9.17, 15) is 24.4 Å². The summed E-state index contributed by atoms with van der Waals surface area (Å²) in [7, 11) is 0. The molecule has 3 fully saturated rings. The molecule has 2 aliphatic heterocycles. The second-order valence-corrected chi connectivity index (χ2v) is 12.7. The number of rotatable bonds is 8. The summed E-state index contributed by atoms with van der Waals surface area (Å²) in [4.78, 5) is 53.9. The van der Waals surface area contributed by atoms with Crippen LogP contribution in [0.25, 0.3) is 0 Å². The molecule has 0 aromatic heterocycles. The summed E-state index contributed by atoms with van der Waals surface area (Å²) < 4.78 is 0. The first-order chi connectivity index (χ1) is 17.8. The van der Waals surface area contributed by atoms with Crippen LogP contribution >= 0.6 is 0 Å². The van der Waals surface area contributed by atoms with Crippen molar-refractivity contribution in [3.63, 3.8) is 0 Å². The van der Waals surface area contributed by atoms with Crippen LogP contribution in [0.2, 0.25) is 0 Å². The zero-order valence-electron chi connectivity index (χ0n) is 22.9. The van der Waals surface area contributed by atoms with Gasteiger partial charge in [0.1, 0.15) is 12.1 Å². The first-order valence-electron chi connectivity index (χ1n) is 13.4. The Morgan fingerprint density at radius 3 is 2.42 bits per heavy atom. The van der Waals surface area contributed by atoms with Crippen molar-refractivity contribution in [3.05, 3.63) is 35.9 Å². The lowest BCUT2D eigenvalue weighted by atomic mass is 9.73. The third kappa shape index (κ3) is 4.44. The minimum atomic E-state index is -1.00. The number of carbonyl (C=O) groups excluding carboxylic acids is 4. The highest BCUT2D eigenvalue weighted by molar-refractivity contribution is 5.94. The van der Waals surface area contributed by atoms with Crippen molar-refractivity contribution in [1.29, 1.82) is 5.26 Å². The quantitative estimate of drug-likeness (QED) is 0.477. The Labute approximate surface area is 224 Å². The molecular formula is C29H39N5O4. The van der Waals surface area contributed by atoms with Gasteiger partial charge in [0.05, 0.1) is 18.4 Å². The maximum Gasteiger partial charge on any atom is 0.246 e. The molecule has 4 amide bonds. The van der Waals surface area contributed by atoms with Crippen LogP contribution in [0.15, 0.2) is 30.3 Å². The first-order valence-corrected chi connectivity index (χ1v) is 13.4. The number of fused-ring (bicyclic) bond motifs is 1. The van der Waals surface area contributed by atoms with E-state index in [0.29, 0.717) is 19.4 Å². The van der Waals surface area contributed by atoms with Gasteiger partial charge in [0.25, 0.3) is 0 Å². The maximum absolute atomic E-state index is 14.1. The fraction of sp³-hybridized carbons (Fsp3) is 0.621. The minimum Gasteiger partial charge on any atom is -0.368 e. The van der Waals surface area contributed by atoms with Gasteiger partial charge >= 0.3 is 0 Å². The van der Waals surface area contributed by atoms with Gasteiger partial charge in [0.15, 0.2) is 0 Å². The Morgan fingerprint density at radius 1 is 1.24 bits per heavy atom. The first kappa shape index (κ1) is 27.6. The summed E-state index contributed by atoms with van der Waals surface area (Å²) in [5.74, 6) is -2.44. The summed E-state index contributed by atoms with van der Waals surface area (Å²) in [6.07, 6.45) is 1.09. The van der Waals surface area contributed by atoms with Crippen molar-refractivity contribution in [3.8, 4) is 6.07 Å². The largest absolute Gasteiger partial charge is 0.368 e. The maximum atomic E-state index is 14.1. The summed E-state index contributed by atoms with van der Waals surface area (Å²) >= 11 is 0. The van der Waals surface area contributed by atoms with Gasteiger partial charge < -0.3 is 21.3 Å². The van der Waals surface area contributed by atoms with Crippen molar-refractivity contribution in [2.75, 3.05) is 13.1 Å². The van der Waals surface area contributed by atoms with Crippen LogP contribution in [0.5, 0.6) is 0 Å². The highest BCUT2D eigenvalue weighted by Gasteiger charge is 2.83. The SMILES string of the molecule is CC(C)(C)[C@H](NC(=O)Cc1ccccc1)C(=O)N1CC2C(C)(C)C2([C@@H](C#N)C[C@H]2CCNC2=O)C1C(N)=O. The molecule has 6 atom stereocenters. The lowest BCUT2D eigenvalue weighted by Gasteiger charge is -2.40. The number of benzene rings is 1. The number of nitrogens with one attached hydrogen (secondary N) is 2. The third-order valence-corrected chi connectivity index (χ3v) is 9.22. The van der Waals surface area contributed by atoms with E-state index in [-0.39, 0.29) is 42.5 Å². The zero-order valence-corrected chi connectivity index (χ0v) is 22.9. The van der Waals surface area contributed by atoms with Crippen molar-refractivity contribution in [2.24, 2.45) is 39.7 Å². The van der Waals surface area contributed by atoms with E-state index in [0.717, 1.165) is 5.56 Å². The molecule has 4 rings (SSSR count). The molecule has 1 saturated carbocycles. The van der Waals surface area contributed by atoms with E-state index in [1.165, 1.54) is 4.90 Å². The predicted molar refractivity (Wildman–Crippen MR) is 141 cm³/mol. The Kier molecular flexibility index (Phi) is 7.06. The second kappa shape index (κ2) is 9.72. The summed E-state index contributed by atoms with van der Waals surface area (Å²) in [5, 5.41) is 16.0. The topological polar surface area (TPSA) is 145 Å². The molecule has 38 heavy (non-hydrogen) atoms. The number of amides is 4. The number of likely N-dealkylation sites (tertiary alicyclic amines) is 1. The number of nitriles is 1. The number of nitrogens with zero attached hydrogens (tertiary/aromatic N) is 2. The molecular weight excluding hydrogens is 482 g/mol. The van der Waals surface area contributed by atoms with Crippen molar-refractivity contribution >= 4 is 23.6 Å². The van der Waals surface area contributed by atoms with E-state index in [1.807, 2.05) is 65.0 Å². The monoisotopic (exact) mass is 521 g/mol. The van der Waals surface area contributed by atoms with Gasteiger partial charge in [-0.1, -0.05) is 65.0 Å². The number of hydrogen-bond donors (Lipinski definition) is 3. The van der Waals surface area contributed by atoms with Gasteiger partial charge in [-0.15, -0.1) is 0 Å². The van der Waals surface area contributed by atoms with E-state index in [4.69, 9.17) is 5.73 Å². The van der Waals surface area contributed by atoms with Crippen LogP contribution < -0.4 is 16.4 Å². The molecule has 1 aliphatic carbocycles. The standard InChI is InChI=1S/C29H39N5O4/c1-27(2,3)22(33-21(35)13-17-9-7-6-8-10-17)26(38)34-16-20-28(4,5)29(20,23(34)24(31)36)19(15-30)14-18-11-12-32-25(18)37/h6-10,18-20,22-23H,11-14,16H2,1-5H3,(H2,31,36)(H,32,37)(H,33,35)/t18-,19-,20?,22-,23?,29?/m1/s1. The highest BCUT2D eigenvalue weighted by Crippen LogP contribution is 2.78. The number of carbonyl (C=O) groups is 4. The molecule has 2 heterocycles. The average Bonchev–Trinajstić information content (AvgIpc) is 3.19. The van der Waals surface area contributed by atoms with Crippen LogP contribution in [0.3, 0.4) is 0 Å². The van der Waals surface area contributed by atoms with Gasteiger partial charge in [-0.25, -0.2) is 0 Å². The molecule has 0 radical (unpaired) electrons. The van der Waals surface area contributed by atoms with Crippen LogP contribution in [0, 0.1) is 45.3 Å². The van der Waals surface area contributed by atoms with Gasteiger partial charge in [0.2, 0.25) is 23.6 Å². The molecule has 204 valence electrons. The molecule has 3 unspecified atom stereocenters. The number of primary amides is 1. The third-order valence-electron chi connectivity index (χ3n) is 9.22. The van der Waals surface area contributed by atoms with Crippen LogP contribution in [-0.2, 0) is 25.6 Å². The van der Waals surface area contributed by atoms with E-state index >= 15 is 0 Å². The van der Waals surface area contributed by atoms with E-state index in [2.05, 4.69) is 16.7 Å². The molecule has 1 aromatic rings. The van der Waals surface area contributed by atoms with Crippen LogP contribution in [0.4, 0.5) is 0 Å². The summed E-state index contributed by atoms with van der Waals surface area (Å²) in [6, 6.07) is 9.78. The molecule has 0 spiro atoms. The second-order valence-electron chi connectivity index (χ2n) is 12.7. The normalized spacial score (nSPS) is 29.0. The number of piperidine rings is 1. The minimum absolute atomic E-state index is 0.0767. The highest BCUT2D eigenvalue weighted by atomic mass is 16.2. The fourth-order valence-corrected chi connectivity index (χ4v) is 7.23. The molecule has 1 aromatic carbocycles. The molecule has 4 N–H and O–H groups in total. The lowest BCUT2D eigenvalue weighted by molar-refractivity contribution is -0.146. The van der Waals surface area contributed by atoms with E-state index < -0.39 is 40.2 Å². The molecule has 9 heteroatoms. The van der Waals surface area contributed by atoms with Crippen molar-refractivity contribution in [1.82, 2.24) is 15.5 Å². The molecule has 2 saturated heterocycles. The van der Waals surface area contributed by atoms with Gasteiger partial charge in [-0.2, -0.15) is 5.26 Å². The lowest BCUT2D eigenvalue weighted by Crippen LogP contribution is -2.60. The molecule has 0 bridgehead atoms. The molecule has 9 nitrogen and oxygen atoms in total. The van der Waals surface area contributed by atoms with Crippen LogP contribution in [0.1, 0.15) is 53.0 Å². The van der Waals surface area contributed by atoms with Gasteiger partial charge in [0, 0.05) is 24.4 Å². The van der Waals surface area contributed by atoms with Gasteiger partial charge in [-0.3, -0.25) is 19.2 Å². The Morgan fingerprint density at radius 2 is 1.89 bits per heavy atom. The van der Waals surface area contributed by atoms with E-state index in [1.54, 1.807) is 0 Å². The Balaban J connectivity index is 1.62. The summed E-state index contributed by atoms with van der Waals surface area (Å²) in [5.41, 5.74) is 4.91. The van der Waals surface area contributed by atoms with Gasteiger partial charge in [-0.05, 0) is 35.2 Å². The number of hydrogen-bond acceptors (Lipinski definition) is 5. The fourth-order valence-electron chi connectivity index (χ4n) is 7.23.